The molecule has 3 rings (SSSR count). The van der Waals surface area contributed by atoms with E-state index in [2.05, 4.69) is 10.3 Å². The van der Waals surface area contributed by atoms with Crippen LogP contribution in [0.15, 0.2) is 29.1 Å². The average Bonchev–Trinajstić information content (AvgIpc) is 3.04. The van der Waals surface area contributed by atoms with Crippen molar-refractivity contribution in [2.24, 2.45) is 0 Å². The van der Waals surface area contributed by atoms with E-state index < -0.39 is 11.5 Å². The Bertz CT molecular complexity index is 1230. The fraction of sp³-hybridized carbons (Fsp3) is 0.364. The average molecular weight is 444 g/mol. The van der Waals surface area contributed by atoms with Crippen LogP contribution < -0.4 is 15.6 Å². The number of esters is 1. The third-order valence-electron chi connectivity index (χ3n) is 5.03. The summed E-state index contributed by atoms with van der Waals surface area (Å²) in [5.74, 6) is 0.0113. The Labute approximate surface area is 183 Å². The molecule has 2 heterocycles. The van der Waals surface area contributed by atoms with E-state index in [4.69, 9.17) is 9.47 Å². The first kappa shape index (κ1) is 22.5. The molecule has 0 atom stereocenters. The quantitative estimate of drug-likeness (QED) is 0.584. The number of hydrogen-bond donors (Lipinski definition) is 1. The van der Waals surface area contributed by atoms with Crippen molar-refractivity contribution in [3.63, 3.8) is 0 Å². The summed E-state index contributed by atoms with van der Waals surface area (Å²) < 4.78 is 11.8. The summed E-state index contributed by atoms with van der Waals surface area (Å²) in [7, 11) is 1.52. The number of fused-ring (bicyclic) bond motifs is 1. The minimum Gasteiger partial charge on any atom is -0.495 e. The van der Waals surface area contributed by atoms with E-state index in [-0.39, 0.29) is 18.1 Å². The van der Waals surface area contributed by atoms with Crippen LogP contribution in [0.2, 0.25) is 0 Å². The molecule has 0 aliphatic rings. The molecule has 31 heavy (non-hydrogen) atoms. The summed E-state index contributed by atoms with van der Waals surface area (Å²) in [6, 6.07) is 7.07. The van der Waals surface area contributed by atoms with Gasteiger partial charge in [0, 0.05) is 0 Å². The van der Waals surface area contributed by atoms with E-state index in [1.807, 2.05) is 0 Å². The number of hydrogen-bond acceptors (Lipinski definition) is 7. The summed E-state index contributed by atoms with van der Waals surface area (Å²) >= 11 is 1.14. The molecule has 2 aromatic heterocycles. The van der Waals surface area contributed by atoms with E-state index >= 15 is 0 Å². The highest BCUT2D eigenvalue weighted by Gasteiger charge is 2.35. The molecular formula is C22H25N3O5S. The van der Waals surface area contributed by atoms with Crippen molar-refractivity contribution in [2.75, 3.05) is 19.0 Å². The number of anilines is 1. The fourth-order valence-corrected chi connectivity index (χ4v) is 4.60. The van der Waals surface area contributed by atoms with Gasteiger partial charge in [0.15, 0.2) is 0 Å². The third kappa shape index (κ3) is 3.93. The minimum absolute atomic E-state index is 0.205. The fourth-order valence-electron chi connectivity index (χ4n) is 3.49. The highest BCUT2D eigenvalue weighted by molar-refractivity contribution is 7.20. The Morgan fingerprint density at radius 2 is 1.90 bits per heavy atom. The Morgan fingerprint density at radius 1 is 1.23 bits per heavy atom. The standard InChI is InChI=1S/C22H25N3O5S/c1-7-30-21(28)22(4,5)25-13(3)23-19-16(20(25)27)12(2)17(31-19)18(26)24-14-10-8-9-11-15(14)29-6/h8-11H,7H2,1-6H3,(H,24,26). The van der Waals surface area contributed by atoms with Gasteiger partial charge in [-0.05, 0) is 52.3 Å². The predicted octanol–water partition coefficient (Wildman–Crippen LogP) is 3.63. The molecule has 164 valence electrons. The second kappa shape index (κ2) is 8.50. The Balaban J connectivity index is 2.10. The zero-order valence-corrected chi connectivity index (χ0v) is 19.2. The number of ether oxygens (including phenoxy) is 2. The van der Waals surface area contributed by atoms with Gasteiger partial charge in [-0.2, -0.15) is 0 Å². The van der Waals surface area contributed by atoms with Crippen molar-refractivity contribution in [2.45, 2.75) is 40.2 Å². The van der Waals surface area contributed by atoms with Crippen molar-refractivity contribution < 1.29 is 19.1 Å². The monoisotopic (exact) mass is 443 g/mol. The Kier molecular flexibility index (Phi) is 6.17. The number of carbonyl (C=O) groups is 2. The van der Waals surface area contributed by atoms with Gasteiger partial charge >= 0.3 is 5.97 Å². The number of nitrogens with zero attached hydrogens (tertiary/aromatic N) is 2. The van der Waals surface area contributed by atoms with Crippen LogP contribution >= 0.6 is 11.3 Å². The Hall–Kier alpha value is -3.20. The summed E-state index contributed by atoms with van der Waals surface area (Å²) in [5.41, 5.74) is -0.590. The van der Waals surface area contributed by atoms with Gasteiger partial charge in [-0.25, -0.2) is 9.78 Å². The number of amides is 1. The maximum atomic E-state index is 13.4. The van der Waals surface area contributed by atoms with Crippen molar-refractivity contribution in [3.05, 3.63) is 50.9 Å². The molecule has 0 fully saturated rings. The topological polar surface area (TPSA) is 99.5 Å². The zero-order valence-electron chi connectivity index (χ0n) is 18.4. The highest BCUT2D eigenvalue weighted by atomic mass is 32.1. The molecule has 0 spiro atoms. The lowest BCUT2D eigenvalue weighted by molar-refractivity contribution is -0.152. The highest BCUT2D eigenvalue weighted by Crippen LogP contribution is 2.31. The number of thiophene rings is 1. The van der Waals surface area contributed by atoms with E-state index in [9.17, 15) is 14.4 Å². The normalized spacial score (nSPS) is 11.4. The number of methoxy groups -OCH3 is 1. The largest absolute Gasteiger partial charge is 0.495 e. The minimum atomic E-state index is -1.24. The smallest absolute Gasteiger partial charge is 0.331 e. The molecule has 8 nitrogen and oxygen atoms in total. The van der Waals surface area contributed by atoms with Gasteiger partial charge in [0.2, 0.25) is 0 Å². The zero-order chi connectivity index (χ0) is 22.9. The first-order chi connectivity index (χ1) is 14.6. The lowest BCUT2D eigenvalue weighted by Gasteiger charge is -2.26. The van der Waals surface area contributed by atoms with Crippen LogP contribution in [0.3, 0.4) is 0 Å². The summed E-state index contributed by atoms with van der Waals surface area (Å²) in [6.07, 6.45) is 0. The van der Waals surface area contributed by atoms with Gasteiger partial charge in [0.1, 0.15) is 21.9 Å². The van der Waals surface area contributed by atoms with Crippen LogP contribution in [0.25, 0.3) is 10.2 Å². The summed E-state index contributed by atoms with van der Waals surface area (Å²) in [6.45, 7) is 8.51. The van der Waals surface area contributed by atoms with Gasteiger partial charge in [-0.1, -0.05) is 12.1 Å². The second-order valence-corrected chi connectivity index (χ2v) is 8.47. The lowest BCUT2D eigenvalue weighted by Crippen LogP contribution is -2.45. The number of aryl methyl sites for hydroxylation is 2. The summed E-state index contributed by atoms with van der Waals surface area (Å²) in [5, 5.41) is 3.15. The molecule has 9 heteroatoms. The molecule has 0 bridgehead atoms. The second-order valence-electron chi connectivity index (χ2n) is 7.47. The number of rotatable bonds is 6. The molecule has 0 saturated heterocycles. The van der Waals surface area contributed by atoms with Gasteiger partial charge < -0.3 is 14.8 Å². The van der Waals surface area contributed by atoms with Crippen LogP contribution in [0.1, 0.15) is 41.8 Å². The molecule has 0 aliphatic heterocycles. The molecule has 3 aromatic rings. The SMILES string of the molecule is CCOC(=O)C(C)(C)n1c(C)nc2sc(C(=O)Nc3ccccc3OC)c(C)c2c1=O. The van der Waals surface area contributed by atoms with Gasteiger partial charge in [-0.15, -0.1) is 11.3 Å². The molecule has 0 unspecified atom stereocenters. The van der Waals surface area contributed by atoms with Crippen LogP contribution in [-0.4, -0.2) is 35.1 Å². The van der Waals surface area contributed by atoms with Gasteiger partial charge in [-0.3, -0.25) is 14.2 Å². The Morgan fingerprint density at radius 3 is 2.55 bits per heavy atom. The number of carbonyl (C=O) groups excluding carboxylic acids is 2. The summed E-state index contributed by atoms with van der Waals surface area (Å²) in [4.78, 5) is 44.2. The maximum Gasteiger partial charge on any atom is 0.331 e. The van der Waals surface area contributed by atoms with E-state index in [0.717, 1.165) is 11.3 Å². The molecule has 1 aromatic carbocycles. The van der Waals surface area contributed by atoms with Gasteiger partial charge in [0.05, 0.1) is 29.7 Å². The molecule has 1 N–H and O–H groups in total. The molecule has 0 saturated carbocycles. The first-order valence-corrected chi connectivity index (χ1v) is 10.6. The molecule has 1 amide bonds. The first-order valence-electron chi connectivity index (χ1n) is 9.78. The van der Waals surface area contributed by atoms with Crippen molar-refractivity contribution >= 4 is 39.1 Å². The number of benzene rings is 1. The number of nitrogens with one attached hydrogen (secondary N) is 1. The molecular weight excluding hydrogens is 418 g/mol. The van der Waals surface area contributed by atoms with Crippen molar-refractivity contribution in [1.29, 1.82) is 0 Å². The van der Waals surface area contributed by atoms with Crippen molar-refractivity contribution in [3.8, 4) is 5.75 Å². The van der Waals surface area contributed by atoms with Crippen LogP contribution in [0.5, 0.6) is 5.75 Å². The van der Waals surface area contributed by atoms with Crippen molar-refractivity contribution in [1.82, 2.24) is 9.55 Å². The van der Waals surface area contributed by atoms with Crippen LogP contribution in [-0.2, 0) is 15.1 Å². The number of para-hydroxylation sites is 2. The molecule has 0 aliphatic carbocycles. The predicted molar refractivity (Wildman–Crippen MR) is 120 cm³/mol. The van der Waals surface area contributed by atoms with Crippen LogP contribution in [0, 0.1) is 13.8 Å². The number of aromatic nitrogens is 2. The van der Waals surface area contributed by atoms with Crippen LogP contribution in [0.4, 0.5) is 5.69 Å². The maximum absolute atomic E-state index is 13.4. The van der Waals surface area contributed by atoms with Gasteiger partial charge in [0.25, 0.3) is 11.5 Å². The van der Waals surface area contributed by atoms with E-state index in [0.29, 0.717) is 37.9 Å². The van der Waals surface area contributed by atoms with E-state index in [1.54, 1.807) is 58.9 Å². The third-order valence-corrected chi connectivity index (χ3v) is 6.21. The van der Waals surface area contributed by atoms with E-state index in [1.165, 1.54) is 11.7 Å². The lowest BCUT2D eigenvalue weighted by atomic mass is 10.0. The molecule has 0 radical (unpaired) electrons.